The Kier molecular flexibility index (Phi) is 3.98. The van der Waals surface area contributed by atoms with Gasteiger partial charge >= 0.3 is 0 Å². The van der Waals surface area contributed by atoms with Crippen LogP contribution in [0.25, 0.3) is 0 Å². The Morgan fingerprint density at radius 2 is 2.40 bits per heavy atom. The molecule has 2 fully saturated rings. The van der Waals surface area contributed by atoms with Crippen molar-refractivity contribution in [3.8, 4) is 0 Å². The van der Waals surface area contributed by atoms with E-state index >= 15 is 0 Å². The molecule has 0 spiro atoms. The monoisotopic (exact) mass is 279 g/mol. The van der Waals surface area contributed by atoms with E-state index in [-0.39, 0.29) is 12.0 Å². The van der Waals surface area contributed by atoms with Gasteiger partial charge in [-0.1, -0.05) is 0 Å². The molecule has 7 heteroatoms. The molecule has 1 aliphatic carbocycles. The van der Waals surface area contributed by atoms with E-state index in [1.165, 1.54) is 19.2 Å². The minimum atomic E-state index is -0.0776. The summed E-state index contributed by atoms with van der Waals surface area (Å²) in [7, 11) is 2.08. The molecule has 20 heavy (non-hydrogen) atoms. The molecule has 2 heterocycles. The second kappa shape index (κ2) is 5.88. The van der Waals surface area contributed by atoms with Gasteiger partial charge in [-0.25, -0.2) is 4.98 Å². The standard InChI is InChI=1S/C13H21N5O2/c1-17-4-5-20-11(7-17)8-18(6-10-2-3-10)13(19)12-14-9-15-16-12/h9-11H,2-8H2,1H3,(H,14,15,16)/t11-/m1/s1. The number of likely N-dealkylation sites (N-methyl/N-ethyl adjacent to an activating group) is 1. The van der Waals surface area contributed by atoms with Crippen LogP contribution in [0.4, 0.5) is 0 Å². The van der Waals surface area contributed by atoms with Gasteiger partial charge in [0.15, 0.2) is 0 Å². The number of nitrogens with one attached hydrogen (secondary N) is 1. The molecule has 2 aliphatic rings. The normalized spacial score (nSPS) is 23.8. The van der Waals surface area contributed by atoms with Crippen molar-refractivity contribution in [2.45, 2.75) is 18.9 Å². The molecule has 0 bridgehead atoms. The lowest BCUT2D eigenvalue weighted by Gasteiger charge is -2.33. The molecule has 1 aromatic rings. The second-order valence-electron chi connectivity index (χ2n) is 5.74. The number of carbonyl (C=O) groups is 1. The van der Waals surface area contributed by atoms with E-state index in [1.807, 2.05) is 4.90 Å². The average Bonchev–Trinajstić information content (AvgIpc) is 3.08. The first-order chi connectivity index (χ1) is 9.72. The Morgan fingerprint density at radius 3 is 3.05 bits per heavy atom. The summed E-state index contributed by atoms with van der Waals surface area (Å²) in [6, 6.07) is 0. The van der Waals surface area contributed by atoms with E-state index in [1.54, 1.807) is 0 Å². The van der Waals surface area contributed by atoms with Crippen LogP contribution in [0.2, 0.25) is 0 Å². The first kappa shape index (κ1) is 13.5. The fourth-order valence-corrected chi connectivity index (χ4v) is 2.53. The Morgan fingerprint density at radius 1 is 1.55 bits per heavy atom. The van der Waals surface area contributed by atoms with Crippen molar-refractivity contribution in [2.75, 3.05) is 39.8 Å². The lowest BCUT2D eigenvalue weighted by atomic mass is 10.2. The minimum absolute atomic E-state index is 0.0776. The topological polar surface area (TPSA) is 74.3 Å². The fourth-order valence-electron chi connectivity index (χ4n) is 2.53. The van der Waals surface area contributed by atoms with Crippen LogP contribution in [0.15, 0.2) is 6.33 Å². The van der Waals surface area contributed by atoms with Crippen molar-refractivity contribution in [3.05, 3.63) is 12.2 Å². The Bertz CT molecular complexity index is 446. The Labute approximate surface area is 118 Å². The highest BCUT2D eigenvalue weighted by Crippen LogP contribution is 2.30. The van der Waals surface area contributed by atoms with Gasteiger partial charge in [-0.05, 0) is 25.8 Å². The van der Waals surface area contributed by atoms with E-state index < -0.39 is 0 Å². The number of hydrogen-bond acceptors (Lipinski definition) is 5. The third kappa shape index (κ3) is 3.34. The quantitative estimate of drug-likeness (QED) is 0.820. The number of hydrogen-bond donors (Lipinski definition) is 1. The Balaban J connectivity index is 1.64. The predicted octanol–water partition coefficient (Wildman–Crippen LogP) is -0.0125. The van der Waals surface area contributed by atoms with E-state index in [9.17, 15) is 4.79 Å². The molecule has 0 unspecified atom stereocenters. The first-order valence-corrected chi connectivity index (χ1v) is 7.17. The van der Waals surface area contributed by atoms with Gasteiger partial charge in [0.05, 0.1) is 12.7 Å². The van der Waals surface area contributed by atoms with E-state index in [4.69, 9.17) is 4.74 Å². The summed E-state index contributed by atoms with van der Waals surface area (Å²) in [4.78, 5) is 20.5. The molecule has 0 radical (unpaired) electrons. The van der Waals surface area contributed by atoms with E-state index in [2.05, 4.69) is 27.1 Å². The van der Waals surface area contributed by atoms with Gasteiger partial charge in [0.25, 0.3) is 5.91 Å². The molecule has 7 nitrogen and oxygen atoms in total. The van der Waals surface area contributed by atoms with Crippen molar-refractivity contribution in [2.24, 2.45) is 5.92 Å². The molecule has 0 aromatic carbocycles. The van der Waals surface area contributed by atoms with Gasteiger partial charge < -0.3 is 14.5 Å². The summed E-state index contributed by atoms with van der Waals surface area (Å²) in [5, 5.41) is 6.41. The highest BCUT2D eigenvalue weighted by molar-refractivity contribution is 5.90. The van der Waals surface area contributed by atoms with E-state index in [0.29, 0.717) is 18.3 Å². The summed E-state index contributed by atoms with van der Waals surface area (Å²) in [5.41, 5.74) is 0. The summed E-state index contributed by atoms with van der Waals surface area (Å²) in [6.07, 6.45) is 3.88. The number of H-pyrrole nitrogens is 1. The first-order valence-electron chi connectivity index (χ1n) is 7.17. The van der Waals surface area contributed by atoms with Gasteiger partial charge in [-0.15, -0.1) is 0 Å². The average molecular weight is 279 g/mol. The molecular formula is C13H21N5O2. The number of rotatable bonds is 5. The highest BCUT2D eigenvalue weighted by atomic mass is 16.5. The number of morpholine rings is 1. The maximum absolute atomic E-state index is 12.4. The smallest absolute Gasteiger partial charge is 0.291 e. The molecule has 1 amide bonds. The van der Waals surface area contributed by atoms with Crippen LogP contribution in [0.1, 0.15) is 23.5 Å². The van der Waals surface area contributed by atoms with Crippen LogP contribution in [0.3, 0.4) is 0 Å². The van der Waals surface area contributed by atoms with Gasteiger partial charge in [0.2, 0.25) is 5.82 Å². The van der Waals surface area contributed by atoms with Gasteiger partial charge in [0, 0.05) is 26.2 Å². The van der Waals surface area contributed by atoms with Crippen LogP contribution in [-0.4, -0.2) is 76.8 Å². The van der Waals surface area contributed by atoms with Gasteiger partial charge in [0.1, 0.15) is 6.33 Å². The van der Waals surface area contributed by atoms with E-state index in [0.717, 1.165) is 26.2 Å². The highest BCUT2D eigenvalue weighted by Gasteiger charge is 2.31. The minimum Gasteiger partial charge on any atom is -0.374 e. The third-order valence-electron chi connectivity index (χ3n) is 3.85. The van der Waals surface area contributed by atoms with Crippen LogP contribution in [0, 0.1) is 5.92 Å². The molecular weight excluding hydrogens is 258 g/mol. The van der Waals surface area contributed by atoms with Gasteiger partial charge in [-0.2, -0.15) is 5.10 Å². The number of aromatic amines is 1. The molecule has 1 aromatic heterocycles. The zero-order valence-electron chi connectivity index (χ0n) is 11.8. The number of aromatic nitrogens is 3. The van der Waals surface area contributed by atoms with Crippen molar-refractivity contribution >= 4 is 5.91 Å². The number of amides is 1. The summed E-state index contributed by atoms with van der Waals surface area (Å²) in [5.74, 6) is 0.879. The predicted molar refractivity (Wildman–Crippen MR) is 72.2 cm³/mol. The zero-order chi connectivity index (χ0) is 13.9. The second-order valence-corrected chi connectivity index (χ2v) is 5.74. The summed E-state index contributed by atoms with van der Waals surface area (Å²) >= 11 is 0. The lowest BCUT2D eigenvalue weighted by molar-refractivity contribution is -0.0332. The number of nitrogens with zero attached hydrogens (tertiary/aromatic N) is 4. The number of ether oxygens (including phenoxy) is 1. The molecule has 1 aliphatic heterocycles. The summed E-state index contributed by atoms with van der Waals surface area (Å²) < 4.78 is 5.77. The maximum atomic E-state index is 12.4. The van der Waals surface area contributed by atoms with Gasteiger partial charge in [-0.3, -0.25) is 9.89 Å². The molecule has 1 atom stereocenters. The lowest BCUT2D eigenvalue weighted by Crippen LogP contribution is -2.48. The molecule has 1 saturated heterocycles. The maximum Gasteiger partial charge on any atom is 0.291 e. The molecule has 1 saturated carbocycles. The van der Waals surface area contributed by atoms with Crippen molar-refractivity contribution in [3.63, 3.8) is 0 Å². The zero-order valence-corrected chi connectivity index (χ0v) is 11.8. The largest absolute Gasteiger partial charge is 0.374 e. The number of carbonyl (C=O) groups excluding carboxylic acids is 1. The van der Waals surface area contributed by atoms with Crippen LogP contribution in [-0.2, 0) is 4.74 Å². The van der Waals surface area contributed by atoms with Crippen molar-refractivity contribution < 1.29 is 9.53 Å². The molecule has 3 rings (SSSR count). The van der Waals surface area contributed by atoms with Crippen LogP contribution < -0.4 is 0 Å². The Hall–Kier alpha value is -1.47. The SMILES string of the molecule is CN1CCO[C@@H](CN(CC2CC2)C(=O)c2ncn[nH]2)C1. The molecule has 1 N–H and O–H groups in total. The van der Waals surface area contributed by atoms with Crippen LogP contribution >= 0.6 is 0 Å². The summed E-state index contributed by atoms with van der Waals surface area (Å²) in [6.45, 7) is 3.97. The molecule has 110 valence electrons. The third-order valence-corrected chi connectivity index (χ3v) is 3.85. The van der Waals surface area contributed by atoms with Crippen LogP contribution in [0.5, 0.6) is 0 Å². The van der Waals surface area contributed by atoms with Crippen molar-refractivity contribution in [1.29, 1.82) is 0 Å². The fraction of sp³-hybridized carbons (Fsp3) is 0.769. The van der Waals surface area contributed by atoms with Crippen molar-refractivity contribution in [1.82, 2.24) is 25.0 Å².